The summed E-state index contributed by atoms with van der Waals surface area (Å²) in [6, 6.07) is 7.65. The second-order valence-corrected chi connectivity index (χ2v) is 4.37. The van der Waals surface area contributed by atoms with Gasteiger partial charge in [-0.1, -0.05) is 0 Å². The van der Waals surface area contributed by atoms with Crippen molar-refractivity contribution in [3.8, 4) is 0 Å². The summed E-state index contributed by atoms with van der Waals surface area (Å²) < 4.78 is 0. The Morgan fingerprint density at radius 2 is 1.83 bits per heavy atom. The van der Waals surface area contributed by atoms with E-state index in [0.717, 1.165) is 11.4 Å². The fourth-order valence-electron chi connectivity index (χ4n) is 1.67. The first-order valence-corrected chi connectivity index (χ1v) is 5.71. The number of carbonyl (C=O) groups excluding carboxylic acids is 1. The van der Waals surface area contributed by atoms with Crippen molar-refractivity contribution in [3.05, 3.63) is 36.4 Å². The molecular formula is C14H15N3O. The van der Waals surface area contributed by atoms with E-state index in [2.05, 4.69) is 4.99 Å². The number of benzene rings is 1. The van der Waals surface area contributed by atoms with Crippen LogP contribution >= 0.6 is 0 Å². The Bertz CT molecular complexity index is 539. The van der Waals surface area contributed by atoms with Crippen LogP contribution in [-0.2, 0) is 4.79 Å². The van der Waals surface area contributed by atoms with Gasteiger partial charge in [-0.2, -0.15) is 0 Å². The minimum absolute atomic E-state index is 0.109. The molecule has 0 unspecified atom stereocenters. The molecule has 0 bridgehead atoms. The van der Waals surface area contributed by atoms with Crippen LogP contribution in [0.5, 0.6) is 0 Å². The van der Waals surface area contributed by atoms with E-state index >= 15 is 0 Å². The maximum atomic E-state index is 11.6. The van der Waals surface area contributed by atoms with Crippen LogP contribution < -0.4 is 4.90 Å². The molecule has 1 aliphatic carbocycles. The normalized spacial score (nSPS) is 17.3. The molecule has 0 heterocycles. The molecule has 2 rings (SSSR count). The van der Waals surface area contributed by atoms with Gasteiger partial charge in [0.05, 0.1) is 11.4 Å². The second-order valence-electron chi connectivity index (χ2n) is 4.37. The van der Waals surface area contributed by atoms with Crippen LogP contribution in [0.1, 0.15) is 6.42 Å². The molecule has 0 atom stereocenters. The number of ketones is 1. The van der Waals surface area contributed by atoms with E-state index in [1.165, 1.54) is 12.2 Å². The molecule has 0 aliphatic heterocycles. The lowest BCUT2D eigenvalue weighted by Crippen LogP contribution is -2.19. The van der Waals surface area contributed by atoms with E-state index in [1.807, 2.05) is 43.3 Å². The molecule has 1 aromatic carbocycles. The molecule has 0 radical (unpaired) electrons. The van der Waals surface area contributed by atoms with E-state index in [1.54, 1.807) is 0 Å². The van der Waals surface area contributed by atoms with Crippen molar-refractivity contribution >= 4 is 28.6 Å². The monoisotopic (exact) mass is 241 g/mol. The molecule has 0 fully saturated rings. The first kappa shape index (κ1) is 12.2. The van der Waals surface area contributed by atoms with Crippen LogP contribution in [0.25, 0.3) is 0 Å². The SMILES string of the molecule is CN(C)c1ccc(N=C2CC(=N)C=CC2=O)cc1. The van der Waals surface area contributed by atoms with Crippen LogP contribution in [0.2, 0.25) is 0 Å². The molecule has 0 amide bonds. The van der Waals surface area contributed by atoms with Crippen molar-refractivity contribution in [3.63, 3.8) is 0 Å². The van der Waals surface area contributed by atoms with Crippen molar-refractivity contribution < 1.29 is 4.79 Å². The number of nitrogens with one attached hydrogen (secondary N) is 1. The van der Waals surface area contributed by atoms with Gasteiger partial charge in [0.15, 0.2) is 5.78 Å². The Labute approximate surface area is 106 Å². The number of hydrogen-bond acceptors (Lipinski definition) is 4. The van der Waals surface area contributed by atoms with Gasteiger partial charge in [-0.05, 0) is 36.4 Å². The minimum Gasteiger partial charge on any atom is -0.378 e. The molecule has 0 saturated carbocycles. The van der Waals surface area contributed by atoms with Crippen LogP contribution in [0, 0.1) is 5.41 Å². The molecule has 92 valence electrons. The largest absolute Gasteiger partial charge is 0.378 e. The Balaban J connectivity index is 2.25. The Kier molecular flexibility index (Phi) is 3.37. The average molecular weight is 241 g/mol. The van der Waals surface area contributed by atoms with E-state index in [9.17, 15) is 4.79 Å². The van der Waals surface area contributed by atoms with Gasteiger partial charge in [-0.25, -0.2) is 4.99 Å². The smallest absolute Gasteiger partial charge is 0.200 e. The molecule has 1 N–H and O–H groups in total. The molecule has 1 aromatic rings. The zero-order valence-electron chi connectivity index (χ0n) is 10.5. The predicted octanol–water partition coefficient (Wildman–Crippen LogP) is 2.37. The van der Waals surface area contributed by atoms with Crippen LogP contribution in [-0.4, -0.2) is 31.3 Å². The zero-order chi connectivity index (χ0) is 13.1. The average Bonchev–Trinajstić information content (AvgIpc) is 2.34. The maximum absolute atomic E-state index is 11.6. The number of hydrogen-bond donors (Lipinski definition) is 1. The van der Waals surface area contributed by atoms with Gasteiger partial charge in [-0.15, -0.1) is 0 Å². The quantitative estimate of drug-likeness (QED) is 0.864. The third-order valence-corrected chi connectivity index (χ3v) is 2.71. The van der Waals surface area contributed by atoms with E-state index in [4.69, 9.17) is 5.41 Å². The lowest BCUT2D eigenvalue weighted by molar-refractivity contribution is -0.109. The summed E-state index contributed by atoms with van der Waals surface area (Å²) in [5.74, 6) is -0.109. The van der Waals surface area contributed by atoms with Crippen molar-refractivity contribution in [2.45, 2.75) is 6.42 Å². The highest BCUT2D eigenvalue weighted by Gasteiger charge is 2.15. The van der Waals surface area contributed by atoms with Gasteiger partial charge >= 0.3 is 0 Å². The van der Waals surface area contributed by atoms with Crippen LogP contribution in [0.4, 0.5) is 11.4 Å². The molecule has 0 aromatic heterocycles. The van der Waals surface area contributed by atoms with E-state index in [0.29, 0.717) is 17.8 Å². The predicted molar refractivity (Wildman–Crippen MR) is 74.4 cm³/mol. The Hall–Kier alpha value is -2.23. The summed E-state index contributed by atoms with van der Waals surface area (Å²) in [5, 5.41) is 7.54. The molecule has 0 saturated heterocycles. The maximum Gasteiger partial charge on any atom is 0.200 e. The fourth-order valence-corrected chi connectivity index (χ4v) is 1.67. The summed E-state index contributed by atoms with van der Waals surface area (Å²) in [6.07, 6.45) is 3.24. The third kappa shape index (κ3) is 2.71. The summed E-state index contributed by atoms with van der Waals surface area (Å²) >= 11 is 0. The molecular weight excluding hydrogens is 226 g/mol. The summed E-state index contributed by atoms with van der Waals surface area (Å²) in [4.78, 5) is 17.9. The summed E-state index contributed by atoms with van der Waals surface area (Å²) in [7, 11) is 3.94. The van der Waals surface area contributed by atoms with Crippen molar-refractivity contribution in [1.82, 2.24) is 0 Å². The topological polar surface area (TPSA) is 56.5 Å². The highest BCUT2D eigenvalue weighted by molar-refractivity contribution is 6.50. The zero-order valence-corrected chi connectivity index (χ0v) is 10.5. The van der Waals surface area contributed by atoms with E-state index in [-0.39, 0.29) is 5.78 Å². The number of aliphatic imine (C=N–C) groups is 1. The van der Waals surface area contributed by atoms with Crippen molar-refractivity contribution in [2.24, 2.45) is 4.99 Å². The third-order valence-electron chi connectivity index (χ3n) is 2.71. The lowest BCUT2D eigenvalue weighted by Gasteiger charge is -2.12. The Morgan fingerprint density at radius 3 is 2.44 bits per heavy atom. The lowest BCUT2D eigenvalue weighted by atomic mass is 10.0. The van der Waals surface area contributed by atoms with Gasteiger partial charge in [0, 0.05) is 31.9 Å². The number of nitrogens with zero attached hydrogens (tertiary/aromatic N) is 2. The van der Waals surface area contributed by atoms with Gasteiger partial charge in [-0.3, -0.25) is 4.79 Å². The molecule has 1 aliphatic rings. The highest BCUT2D eigenvalue weighted by atomic mass is 16.1. The number of carbonyl (C=O) groups is 1. The van der Waals surface area contributed by atoms with Crippen molar-refractivity contribution in [1.29, 1.82) is 5.41 Å². The van der Waals surface area contributed by atoms with Gasteiger partial charge in [0.2, 0.25) is 0 Å². The van der Waals surface area contributed by atoms with Gasteiger partial charge < -0.3 is 10.3 Å². The highest BCUT2D eigenvalue weighted by Crippen LogP contribution is 2.19. The summed E-state index contributed by atoms with van der Waals surface area (Å²) in [6.45, 7) is 0. The minimum atomic E-state index is -0.109. The number of allylic oxidation sites excluding steroid dienone is 2. The summed E-state index contributed by atoms with van der Waals surface area (Å²) in [5.41, 5.74) is 2.67. The molecule has 4 heteroatoms. The van der Waals surface area contributed by atoms with Crippen LogP contribution in [0.3, 0.4) is 0 Å². The van der Waals surface area contributed by atoms with E-state index < -0.39 is 0 Å². The number of rotatable bonds is 2. The van der Waals surface area contributed by atoms with Crippen LogP contribution in [0.15, 0.2) is 41.4 Å². The number of anilines is 1. The first-order valence-electron chi connectivity index (χ1n) is 5.71. The van der Waals surface area contributed by atoms with Gasteiger partial charge in [0.1, 0.15) is 0 Å². The molecule has 18 heavy (non-hydrogen) atoms. The second kappa shape index (κ2) is 4.96. The van der Waals surface area contributed by atoms with Gasteiger partial charge in [0.25, 0.3) is 0 Å². The Morgan fingerprint density at radius 1 is 1.17 bits per heavy atom. The van der Waals surface area contributed by atoms with Crippen molar-refractivity contribution in [2.75, 3.05) is 19.0 Å². The molecule has 4 nitrogen and oxygen atoms in total. The first-order chi connectivity index (χ1) is 8.56. The standard InChI is InChI=1S/C14H15N3O/c1-17(2)12-6-4-11(5-7-12)16-13-9-10(15)3-8-14(13)18/h3-8,15H,9H2,1-2H3. The fraction of sp³-hybridized carbons (Fsp3) is 0.214. The molecule has 0 spiro atoms.